The van der Waals surface area contributed by atoms with Crippen LogP contribution in [0.1, 0.15) is 55.4 Å². The topological polar surface area (TPSA) is 36.9 Å². The molecule has 5 aromatic rings. The first-order valence-electron chi connectivity index (χ1n) is 14.3. The molecule has 202 valence electrons. The number of fused-ring (bicyclic) bond motifs is 7. The van der Waals surface area contributed by atoms with E-state index >= 15 is 0 Å². The lowest BCUT2D eigenvalue weighted by Gasteiger charge is -2.32. The van der Waals surface area contributed by atoms with Crippen LogP contribution < -0.4 is 10.9 Å². The predicted octanol–water partition coefficient (Wildman–Crippen LogP) is 6.90. The fraction of sp³-hybridized carbons (Fsp3) is 0.353. The third-order valence-corrected chi connectivity index (χ3v) is 9.93. The number of benzene rings is 5. The summed E-state index contributed by atoms with van der Waals surface area (Å²) in [5, 5.41) is 9.85. The lowest BCUT2D eigenvalue weighted by molar-refractivity contribution is 0.00578. The van der Waals surface area contributed by atoms with Crippen LogP contribution in [0.15, 0.2) is 72.8 Å². The SMILES string of the molecule is CC1(C)OB(c2ccc3c(ccc4c3ccc3c5ccc(B6OC(C)(C)C(C)(C)O6)cc5ccc34)c2)OC1(C)C. The summed E-state index contributed by atoms with van der Waals surface area (Å²) in [6.07, 6.45) is 0. The van der Waals surface area contributed by atoms with Gasteiger partial charge in [-0.25, -0.2) is 0 Å². The zero-order valence-electron chi connectivity index (χ0n) is 24.7. The second kappa shape index (κ2) is 8.33. The number of hydrogen-bond acceptors (Lipinski definition) is 4. The molecule has 2 aliphatic rings. The zero-order valence-corrected chi connectivity index (χ0v) is 24.7. The third kappa shape index (κ3) is 3.77. The fourth-order valence-electron chi connectivity index (χ4n) is 5.99. The monoisotopic (exact) mass is 530 g/mol. The van der Waals surface area contributed by atoms with Crippen LogP contribution in [0.5, 0.6) is 0 Å². The van der Waals surface area contributed by atoms with Crippen molar-refractivity contribution in [2.24, 2.45) is 0 Å². The maximum atomic E-state index is 6.31. The van der Waals surface area contributed by atoms with E-state index in [1.807, 2.05) is 0 Å². The molecule has 0 aromatic heterocycles. The Bertz CT molecular complexity index is 1670. The molecule has 0 aliphatic carbocycles. The molecular weight excluding hydrogens is 494 g/mol. The normalized spacial score (nSPS) is 21.3. The van der Waals surface area contributed by atoms with Crippen LogP contribution in [-0.2, 0) is 18.6 Å². The summed E-state index contributed by atoms with van der Waals surface area (Å²) in [6.45, 7) is 16.7. The molecule has 0 radical (unpaired) electrons. The Morgan fingerprint density at radius 2 is 0.650 bits per heavy atom. The first kappa shape index (κ1) is 26.0. The van der Waals surface area contributed by atoms with Crippen LogP contribution in [0.4, 0.5) is 0 Å². The van der Waals surface area contributed by atoms with Crippen molar-refractivity contribution in [2.75, 3.05) is 0 Å². The van der Waals surface area contributed by atoms with Crippen molar-refractivity contribution in [3.63, 3.8) is 0 Å². The number of hydrogen-bond donors (Lipinski definition) is 0. The minimum atomic E-state index is -0.366. The van der Waals surface area contributed by atoms with Crippen LogP contribution in [0.2, 0.25) is 0 Å². The van der Waals surface area contributed by atoms with E-state index in [1.54, 1.807) is 0 Å². The summed E-state index contributed by atoms with van der Waals surface area (Å²) in [5.41, 5.74) is 0.669. The van der Waals surface area contributed by atoms with Crippen LogP contribution in [0.3, 0.4) is 0 Å². The molecule has 6 heteroatoms. The Kier molecular flexibility index (Phi) is 5.42. The van der Waals surface area contributed by atoms with E-state index in [0.29, 0.717) is 0 Å². The van der Waals surface area contributed by atoms with Crippen LogP contribution in [0, 0.1) is 0 Å². The van der Waals surface area contributed by atoms with E-state index in [1.165, 1.54) is 43.1 Å². The van der Waals surface area contributed by atoms with Gasteiger partial charge in [-0.1, -0.05) is 72.8 Å². The summed E-state index contributed by atoms with van der Waals surface area (Å²) in [6, 6.07) is 26.6. The van der Waals surface area contributed by atoms with E-state index in [9.17, 15) is 0 Å². The van der Waals surface area contributed by atoms with E-state index in [2.05, 4.69) is 128 Å². The van der Waals surface area contributed by atoms with Crippen molar-refractivity contribution >= 4 is 68.3 Å². The van der Waals surface area contributed by atoms with Gasteiger partial charge < -0.3 is 18.6 Å². The first-order valence-corrected chi connectivity index (χ1v) is 14.3. The van der Waals surface area contributed by atoms with Gasteiger partial charge in [-0.2, -0.15) is 0 Å². The minimum Gasteiger partial charge on any atom is -0.399 e. The molecule has 2 saturated heterocycles. The molecule has 0 atom stereocenters. The molecule has 7 rings (SSSR count). The maximum Gasteiger partial charge on any atom is 0.494 e. The van der Waals surface area contributed by atoms with Gasteiger partial charge in [-0.15, -0.1) is 0 Å². The van der Waals surface area contributed by atoms with Crippen molar-refractivity contribution in [1.29, 1.82) is 0 Å². The molecule has 2 heterocycles. The Morgan fingerprint density at radius 3 is 1.00 bits per heavy atom. The van der Waals surface area contributed by atoms with E-state index < -0.39 is 0 Å². The van der Waals surface area contributed by atoms with Crippen molar-refractivity contribution in [2.45, 2.75) is 77.8 Å². The van der Waals surface area contributed by atoms with Gasteiger partial charge in [0, 0.05) is 0 Å². The average molecular weight is 530 g/mol. The van der Waals surface area contributed by atoms with Gasteiger partial charge in [0.15, 0.2) is 0 Å². The summed E-state index contributed by atoms with van der Waals surface area (Å²) in [7, 11) is -0.731. The van der Waals surface area contributed by atoms with Crippen LogP contribution in [-0.4, -0.2) is 36.6 Å². The van der Waals surface area contributed by atoms with Crippen molar-refractivity contribution < 1.29 is 18.6 Å². The molecule has 40 heavy (non-hydrogen) atoms. The third-order valence-electron chi connectivity index (χ3n) is 9.93. The molecule has 0 N–H and O–H groups in total. The Labute approximate surface area is 237 Å². The molecule has 0 spiro atoms. The minimum absolute atomic E-state index is 0.358. The molecule has 0 unspecified atom stereocenters. The summed E-state index contributed by atoms with van der Waals surface area (Å²) >= 11 is 0. The highest BCUT2D eigenvalue weighted by atomic mass is 16.7. The molecule has 2 aliphatic heterocycles. The van der Waals surface area contributed by atoms with Gasteiger partial charge in [0.05, 0.1) is 22.4 Å². The van der Waals surface area contributed by atoms with Gasteiger partial charge in [-0.3, -0.25) is 0 Å². The Morgan fingerprint density at radius 1 is 0.375 bits per heavy atom. The highest BCUT2D eigenvalue weighted by Gasteiger charge is 2.52. The van der Waals surface area contributed by atoms with E-state index in [4.69, 9.17) is 18.6 Å². The molecular formula is C34H36B2O4. The fourth-order valence-corrected chi connectivity index (χ4v) is 5.99. The van der Waals surface area contributed by atoms with Crippen molar-refractivity contribution in [3.8, 4) is 0 Å². The second-order valence-corrected chi connectivity index (χ2v) is 13.5. The van der Waals surface area contributed by atoms with Gasteiger partial charge in [0.25, 0.3) is 0 Å². The zero-order chi connectivity index (χ0) is 28.2. The second-order valence-electron chi connectivity index (χ2n) is 13.5. The molecule has 0 amide bonds. The molecule has 0 saturated carbocycles. The smallest absolute Gasteiger partial charge is 0.399 e. The molecule has 2 fully saturated rings. The van der Waals surface area contributed by atoms with E-state index in [0.717, 1.165) is 10.9 Å². The predicted molar refractivity (Wildman–Crippen MR) is 168 cm³/mol. The molecule has 0 bridgehead atoms. The quantitative estimate of drug-likeness (QED) is 0.184. The highest BCUT2D eigenvalue weighted by molar-refractivity contribution is 6.63. The Balaban J connectivity index is 1.28. The molecule has 4 nitrogen and oxygen atoms in total. The highest BCUT2D eigenvalue weighted by Crippen LogP contribution is 2.39. The van der Waals surface area contributed by atoms with Gasteiger partial charge >= 0.3 is 14.2 Å². The number of rotatable bonds is 2. The Hall–Kier alpha value is -2.89. The van der Waals surface area contributed by atoms with Gasteiger partial charge in [-0.05, 0) is 109 Å². The summed E-state index contributed by atoms with van der Waals surface area (Å²) in [5.74, 6) is 0. The maximum absolute atomic E-state index is 6.31. The average Bonchev–Trinajstić information content (AvgIpc) is 3.26. The lowest BCUT2D eigenvalue weighted by Crippen LogP contribution is -2.41. The van der Waals surface area contributed by atoms with Crippen LogP contribution >= 0.6 is 0 Å². The first-order chi connectivity index (χ1) is 18.8. The summed E-state index contributed by atoms with van der Waals surface area (Å²) in [4.78, 5) is 0. The van der Waals surface area contributed by atoms with E-state index in [-0.39, 0.29) is 36.6 Å². The van der Waals surface area contributed by atoms with Gasteiger partial charge in [0.1, 0.15) is 0 Å². The van der Waals surface area contributed by atoms with Crippen molar-refractivity contribution in [3.05, 3.63) is 72.8 Å². The summed E-state index contributed by atoms with van der Waals surface area (Å²) < 4.78 is 25.2. The lowest BCUT2D eigenvalue weighted by atomic mass is 9.77. The van der Waals surface area contributed by atoms with Crippen LogP contribution in [0.25, 0.3) is 43.1 Å². The molecule has 5 aromatic carbocycles. The van der Waals surface area contributed by atoms with Gasteiger partial charge in [0.2, 0.25) is 0 Å². The standard InChI is InChI=1S/C34H36B2O4/c1-31(2)32(3,4)38-35(37-31)23-11-15-25-21(19-23)9-13-29-27(25)17-18-28-26-16-12-24(20-22(26)10-14-30(28)29)36-39-33(5,6)34(7,8)40-36/h9-20H,1-8H3. The van der Waals surface area contributed by atoms with Crippen molar-refractivity contribution in [1.82, 2.24) is 0 Å². The largest absolute Gasteiger partial charge is 0.494 e.